The summed E-state index contributed by atoms with van der Waals surface area (Å²) in [5, 5.41) is 10.1. The zero-order valence-electron chi connectivity index (χ0n) is 6.99. The molecule has 4 atom stereocenters. The summed E-state index contributed by atoms with van der Waals surface area (Å²) in [5.41, 5.74) is 0. The highest BCUT2D eigenvalue weighted by Gasteiger charge is 2.23. The topological polar surface area (TPSA) is 20.2 Å². The van der Waals surface area contributed by atoms with Gasteiger partial charge in [-0.05, 0) is 31.6 Å². The quantitative estimate of drug-likeness (QED) is 0.508. The Kier molecular flexibility index (Phi) is 4.19. The molecule has 0 aromatic heterocycles. The molecule has 0 saturated heterocycles. The van der Waals surface area contributed by atoms with Gasteiger partial charge in [0.25, 0.3) is 0 Å². The Morgan fingerprint density at radius 3 is 2.55 bits per heavy atom. The second-order valence-electron chi connectivity index (χ2n) is 3.50. The third kappa shape index (κ3) is 2.93. The maximum absolute atomic E-state index is 9.63. The van der Waals surface area contributed by atoms with Crippen LogP contribution in [-0.2, 0) is 0 Å². The molecule has 0 aliphatic heterocycles. The van der Waals surface area contributed by atoms with Crippen molar-refractivity contribution >= 4 is 19.8 Å². The highest BCUT2D eigenvalue weighted by Crippen LogP contribution is 2.33. The normalized spacial score (nSPS) is 40.1. The fourth-order valence-corrected chi connectivity index (χ4v) is 3.13. The van der Waals surface area contributed by atoms with Gasteiger partial charge in [0.2, 0.25) is 0 Å². The van der Waals surface area contributed by atoms with Crippen LogP contribution in [0.1, 0.15) is 32.6 Å². The summed E-state index contributed by atoms with van der Waals surface area (Å²) in [6, 6.07) is 0. The number of aliphatic hydroxyl groups is 1. The first-order chi connectivity index (χ1) is 5.24. The van der Waals surface area contributed by atoms with E-state index in [9.17, 15) is 5.11 Å². The van der Waals surface area contributed by atoms with Crippen LogP contribution < -0.4 is 0 Å². The molecule has 1 N–H and O–H groups in total. The van der Waals surface area contributed by atoms with Crippen LogP contribution in [0.4, 0.5) is 0 Å². The molecule has 0 spiro atoms. The molecule has 0 heterocycles. The summed E-state index contributed by atoms with van der Waals surface area (Å²) in [6.45, 7) is 2.28. The average molecular weight is 192 g/mol. The minimum atomic E-state index is -0.0672. The van der Waals surface area contributed by atoms with E-state index in [1.165, 1.54) is 19.3 Å². The van der Waals surface area contributed by atoms with Gasteiger partial charge in [-0.1, -0.05) is 15.4 Å². The van der Waals surface area contributed by atoms with Crippen LogP contribution in [0.2, 0.25) is 0 Å². The SMILES string of the molecule is CC1CC[C@@H](O)[C@H](SP)CC1. The van der Waals surface area contributed by atoms with E-state index in [0.717, 1.165) is 12.3 Å². The van der Waals surface area contributed by atoms with E-state index >= 15 is 0 Å². The summed E-state index contributed by atoms with van der Waals surface area (Å²) >= 11 is 1.74. The first-order valence-corrected chi connectivity index (χ1v) is 6.63. The predicted molar refractivity (Wildman–Crippen MR) is 54.7 cm³/mol. The molecule has 1 nitrogen and oxygen atoms in total. The largest absolute Gasteiger partial charge is 0.392 e. The smallest absolute Gasteiger partial charge is 0.0662 e. The summed E-state index contributed by atoms with van der Waals surface area (Å²) in [5.74, 6) is 0.812. The molecule has 1 fully saturated rings. The van der Waals surface area contributed by atoms with Crippen LogP contribution in [-0.4, -0.2) is 16.5 Å². The molecule has 1 rings (SSSR count). The zero-order chi connectivity index (χ0) is 8.27. The van der Waals surface area contributed by atoms with Gasteiger partial charge < -0.3 is 5.11 Å². The monoisotopic (exact) mass is 192 g/mol. The van der Waals surface area contributed by atoms with E-state index in [1.807, 2.05) is 0 Å². The zero-order valence-corrected chi connectivity index (χ0v) is 8.96. The van der Waals surface area contributed by atoms with Crippen molar-refractivity contribution in [2.75, 3.05) is 0 Å². The summed E-state index contributed by atoms with van der Waals surface area (Å²) in [4.78, 5) is 0. The maximum atomic E-state index is 9.63. The lowest BCUT2D eigenvalue weighted by Gasteiger charge is -2.16. The van der Waals surface area contributed by atoms with E-state index in [0.29, 0.717) is 5.25 Å². The van der Waals surface area contributed by atoms with Crippen molar-refractivity contribution in [2.45, 2.75) is 44.0 Å². The van der Waals surface area contributed by atoms with Gasteiger partial charge in [-0.2, -0.15) is 0 Å². The van der Waals surface area contributed by atoms with Gasteiger partial charge in [0, 0.05) is 5.25 Å². The highest BCUT2D eigenvalue weighted by atomic mass is 32.7. The van der Waals surface area contributed by atoms with Crippen molar-refractivity contribution in [1.29, 1.82) is 0 Å². The van der Waals surface area contributed by atoms with Crippen LogP contribution in [0, 0.1) is 5.92 Å². The fraction of sp³-hybridized carbons (Fsp3) is 1.00. The summed E-state index contributed by atoms with van der Waals surface area (Å²) < 4.78 is 0. The van der Waals surface area contributed by atoms with Crippen LogP contribution in [0.15, 0.2) is 0 Å². The van der Waals surface area contributed by atoms with Crippen molar-refractivity contribution in [3.8, 4) is 0 Å². The molecule has 0 amide bonds. The van der Waals surface area contributed by atoms with Crippen molar-refractivity contribution in [3.05, 3.63) is 0 Å². The van der Waals surface area contributed by atoms with Crippen LogP contribution in [0.3, 0.4) is 0 Å². The number of aliphatic hydroxyl groups excluding tert-OH is 1. The fourth-order valence-electron chi connectivity index (χ4n) is 1.59. The van der Waals surface area contributed by atoms with E-state index in [2.05, 4.69) is 15.4 Å². The van der Waals surface area contributed by atoms with Crippen molar-refractivity contribution in [1.82, 2.24) is 0 Å². The molecule has 1 aliphatic carbocycles. The molecule has 0 radical (unpaired) electrons. The molecule has 3 heteroatoms. The number of rotatable bonds is 1. The lowest BCUT2D eigenvalue weighted by atomic mass is 10.0. The van der Waals surface area contributed by atoms with Gasteiger partial charge in [0.05, 0.1) is 6.10 Å². The second-order valence-corrected chi connectivity index (χ2v) is 5.20. The first-order valence-electron chi connectivity index (χ1n) is 4.27. The van der Waals surface area contributed by atoms with Gasteiger partial charge in [0.15, 0.2) is 0 Å². The van der Waals surface area contributed by atoms with Crippen LogP contribution in [0.5, 0.6) is 0 Å². The highest BCUT2D eigenvalue weighted by molar-refractivity contribution is 8.44. The molecule has 0 bridgehead atoms. The maximum Gasteiger partial charge on any atom is 0.0662 e. The third-order valence-electron chi connectivity index (χ3n) is 2.50. The first kappa shape index (κ1) is 9.83. The van der Waals surface area contributed by atoms with E-state index in [4.69, 9.17) is 0 Å². The lowest BCUT2D eigenvalue weighted by Crippen LogP contribution is -2.19. The Labute approximate surface area is 75.3 Å². The number of hydrogen-bond acceptors (Lipinski definition) is 2. The van der Waals surface area contributed by atoms with E-state index < -0.39 is 0 Å². The van der Waals surface area contributed by atoms with Crippen LogP contribution >= 0.6 is 19.8 Å². The number of hydrogen-bond donors (Lipinski definition) is 1. The van der Waals surface area contributed by atoms with E-state index in [1.54, 1.807) is 11.4 Å². The van der Waals surface area contributed by atoms with E-state index in [-0.39, 0.29) is 6.10 Å². The summed E-state index contributed by atoms with van der Waals surface area (Å²) in [6.07, 6.45) is 4.58. The van der Waals surface area contributed by atoms with Crippen molar-refractivity contribution in [2.24, 2.45) is 5.92 Å². The Morgan fingerprint density at radius 1 is 1.27 bits per heavy atom. The van der Waals surface area contributed by atoms with Gasteiger partial charge >= 0.3 is 0 Å². The molecule has 1 saturated carbocycles. The Bertz CT molecular complexity index is 121. The average Bonchev–Trinajstić information content (AvgIpc) is 2.15. The lowest BCUT2D eigenvalue weighted by molar-refractivity contribution is 0.162. The molecule has 66 valence electrons. The third-order valence-corrected chi connectivity index (χ3v) is 4.45. The minimum absolute atomic E-state index is 0.0672. The second kappa shape index (κ2) is 4.69. The molecule has 0 aromatic carbocycles. The van der Waals surface area contributed by atoms with Gasteiger partial charge in [0.1, 0.15) is 0 Å². The van der Waals surface area contributed by atoms with Crippen molar-refractivity contribution in [3.63, 3.8) is 0 Å². The molecular formula is C8H17OPS. The molecule has 1 aliphatic rings. The van der Waals surface area contributed by atoms with Crippen LogP contribution in [0.25, 0.3) is 0 Å². The Hall–Kier alpha value is 0.740. The summed E-state index contributed by atoms with van der Waals surface area (Å²) in [7, 11) is 2.66. The van der Waals surface area contributed by atoms with Gasteiger partial charge in [-0.3, -0.25) is 0 Å². The Balaban J connectivity index is 2.41. The van der Waals surface area contributed by atoms with Gasteiger partial charge in [-0.25, -0.2) is 0 Å². The van der Waals surface area contributed by atoms with Crippen molar-refractivity contribution < 1.29 is 5.11 Å². The minimum Gasteiger partial charge on any atom is -0.392 e. The standard InChI is InChI=1S/C8H17OPS/c1-6-2-4-7(9)8(11-10)5-3-6/h6-9H,2-5,10H2,1H3/t6?,7-,8-/m1/s1. The molecule has 11 heavy (non-hydrogen) atoms. The van der Waals surface area contributed by atoms with Gasteiger partial charge in [-0.15, -0.1) is 11.4 Å². The molecule has 2 unspecified atom stereocenters. The molecular weight excluding hydrogens is 175 g/mol. The Morgan fingerprint density at radius 2 is 1.91 bits per heavy atom. The molecule has 0 aromatic rings. The predicted octanol–water partition coefficient (Wildman–Crippen LogP) is 2.45.